The van der Waals surface area contributed by atoms with E-state index in [1.807, 2.05) is 31.2 Å². The number of benzene rings is 1. The molecule has 110 valence electrons. The van der Waals surface area contributed by atoms with Gasteiger partial charge in [-0.3, -0.25) is 9.69 Å². The molecule has 1 aromatic rings. The van der Waals surface area contributed by atoms with Crippen LogP contribution in [0.5, 0.6) is 0 Å². The molecule has 0 amide bonds. The highest BCUT2D eigenvalue weighted by Gasteiger charge is 2.25. The molecule has 0 bridgehead atoms. The molecule has 1 aromatic carbocycles. The molecule has 0 aliphatic carbocycles. The van der Waals surface area contributed by atoms with E-state index in [2.05, 4.69) is 27.8 Å². The first-order valence-corrected chi connectivity index (χ1v) is 8.06. The van der Waals surface area contributed by atoms with Crippen LogP contribution < -0.4 is 0 Å². The smallest absolute Gasteiger partial charge is 0.179 e. The molecule has 1 saturated heterocycles. The largest absolute Gasteiger partial charge is 0.377 e. The number of rotatable bonds is 6. The zero-order chi connectivity index (χ0) is 14.5. The van der Waals surface area contributed by atoms with E-state index in [1.54, 1.807) is 0 Å². The minimum absolute atomic E-state index is 0.106. The minimum atomic E-state index is -0.106. The molecule has 0 N–H and O–H groups in total. The van der Waals surface area contributed by atoms with Crippen molar-refractivity contribution < 1.29 is 9.53 Å². The van der Waals surface area contributed by atoms with Crippen molar-refractivity contribution in [2.24, 2.45) is 0 Å². The van der Waals surface area contributed by atoms with Crippen LogP contribution in [0.1, 0.15) is 37.0 Å². The summed E-state index contributed by atoms with van der Waals surface area (Å²) in [5, 5.41) is 0. The lowest BCUT2D eigenvalue weighted by Crippen LogP contribution is -2.43. The van der Waals surface area contributed by atoms with Crippen LogP contribution in [0.15, 0.2) is 28.7 Å². The SMILES string of the molecule is CCN(CC1CCCO1)C(C)C(=O)c1ccc(Br)cc1. The Hall–Kier alpha value is -0.710. The van der Waals surface area contributed by atoms with Crippen LogP contribution in [0.4, 0.5) is 0 Å². The van der Waals surface area contributed by atoms with Gasteiger partial charge in [0.25, 0.3) is 0 Å². The number of ether oxygens (including phenoxy) is 1. The molecule has 1 heterocycles. The fraction of sp³-hybridized carbons (Fsp3) is 0.562. The first-order chi connectivity index (χ1) is 9.61. The number of ketones is 1. The van der Waals surface area contributed by atoms with Gasteiger partial charge in [0.2, 0.25) is 0 Å². The summed E-state index contributed by atoms with van der Waals surface area (Å²) in [5.74, 6) is 0.178. The quantitative estimate of drug-likeness (QED) is 0.742. The predicted molar refractivity (Wildman–Crippen MR) is 84.2 cm³/mol. The molecule has 0 aromatic heterocycles. The van der Waals surface area contributed by atoms with E-state index >= 15 is 0 Å². The summed E-state index contributed by atoms with van der Waals surface area (Å²) >= 11 is 3.39. The summed E-state index contributed by atoms with van der Waals surface area (Å²) in [6.07, 6.45) is 2.53. The van der Waals surface area contributed by atoms with Crippen molar-refractivity contribution in [1.29, 1.82) is 0 Å². The number of Topliss-reactive ketones (excluding diaryl/α,β-unsaturated/α-hetero) is 1. The van der Waals surface area contributed by atoms with Gasteiger partial charge in [0.15, 0.2) is 5.78 Å². The van der Waals surface area contributed by atoms with Crippen molar-refractivity contribution in [1.82, 2.24) is 4.90 Å². The van der Waals surface area contributed by atoms with Gasteiger partial charge in [0.05, 0.1) is 12.1 Å². The minimum Gasteiger partial charge on any atom is -0.377 e. The van der Waals surface area contributed by atoms with E-state index < -0.39 is 0 Å². The van der Waals surface area contributed by atoms with Gasteiger partial charge in [-0.25, -0.2) is 0 Å². The van der Waals surface area contributed by atoms with Gasteiger partial charge < -0.3 is 4.74 Å². The maximum Gasteiger partial charge on any atom is 0.179 e. The van der Waals surface area contributed by atoms with E-state index in [1.165, 1.54) is 0 Å². The summed E-state index contributed by atoms with van der Waals surface area (Å²) in [7, 11) is 0. The third-order valence-corrected chi connectivity index (χ3v) is 4.45. The average molecular weight is 340 g/mol. The molecular weight excluding hydrogens is 318 g/mol. The van der Waals surface area contributed by atoms with Crippen LogP contribution in [0.2, 0.25) is 0 Å². The summed E-state index contributed by atoms with van der Waals surface area (Å²) in [4.78, 5) is 14.7. The highest BCUT2D eigenvalue weighted by atomic mass is 79.9. The Kier molecular flexibility index (Phi) is 5.75. The highest BCUT2D eigenvalue weighted by molar-refractivity contribution is 9.10. The molecule has 2 unspecified atom stereocenters. The van der Waals surface area contributed by atoms with Crippen LogP contribution >= 0.6 is 15.9 Å². The second kappa shape index (κ2) is 7.34. The Bertz CT molecular complexity index is 440. The van der Waals surface area contributed by atoms with Crippen LogP contribution in [-0.4, -0.2) is 42.5 Å². The van der Waals surface area contributed by atoms with E-state index in [0.29, 0.717) is 0 Å². The Morgan fingerprint density at radius 1 is 1.45 bits per heavy atom. The zero-order valence-corrected chi connectivity index (χ0v) is 13.7. The van der Waals surface area contributed by atoms with Gasteiger partial charge in [-0.2, -0.15) is 0 Å². The Morgan fingerprint density at radius 3 is 2.70 bits per heavy atom. The standard InChI is InChI=1S/C16H22BrNO2/c1-3-18(11-15-5-4-10-20-15)12(2)16(19)13-6-8-14(17)9-7-13/h6-9,12,15H,3-5,10-11H2,1-2H3. The molecule has 4 heteroatoms. The van der Waals surface area contributed by atoms with Crippen molar-refractivity contribution in [2.75, 3.05) is 19.7 Å². The van der Waals surface area contributed by atoms with Crippen molar-refractivity contribution in [3.63, 3.8) is 0 Å². The average Bonchev–Trinajstić information content (AvgIpc) is 2.97. The molecule has 1 aliphatic heterocycles. The van der Waals surface area contributed by atoms with Crippen molar-refractivity contribution in [3.05, 3.63) is 34.3 Å². The van der Waals surface area contributed by atoms with Gasteiger partial charge in [-0.15, -0.1) is 0 Å². The number of carbonyl (C=O) groups excluding carboxylic acids is 1. The Morgan fingerprint density at radius 2 is 2.15 bits per heavy atom. The van der Waals surface area contributed by atoms with Gasteiger partial charge in [0, 0.05) is 23.2 Å². The molecular formula is C16H22BrNO2. The number of carbonyl (C=O) groups is 1. The summed E-state index contributed by atoms with van der Waals surface area (Å²) in [6, 6.07) is 7.48. The molecule has 2 rings (SSSR count). The molecule has 3 nitrogen and oxygen atoms in total. The van der Waals surface area contributed by atoms with E-state index in [9.17, 15) is 4.79 Å². The maximum atomic E-state index is 12.5. The van der Waals surface area contributed by atoms with Crippen molar-refractivity contribution in [2.45, 2.75) is 38.8 Å². The molecule has 20 heavy (non-hydrogen) atoms. The molecule has 2 atom stereocenters. The Balaban J connectivity index is 2.01. The molecule has 1 aliphatic rings. The first kappa shape index (κ1) is 15.7. The van der Waals surface area contributed by atoms with Crippen molar-refractivity contribution >= 4 is 21.7 Å². The van der Waals surface area contributed by atoms with Gasteiger partial charge >= 0.3 is 0 Å². The topological polar surface area (TPSA) is 29.5 Å². The molecule has 0 spiro atoms. The fourth-order valence-corrected chi connectivity index (χ4v) is 2.90. The van der Waals surface area contributed by atoms with Crippen LogP contribution in [0.25, 0.3) is 0 Å². The lowest BCUT2D eigenvalue weighted by molar-refractivity contribution is 0.0552. The second-order valence-electron chi connectivity index (χ2n) is 5.27. The lowest BCUT2D eigenvalue weighted by Gasteiger charge is -2.29. The van der Waals surface area contributed by atoms with Gasteiger partial charge in [-0.05, 0) is 38.4 Å². The number of halogens is 1. The second-order valence-corrected chi connectivity index (χ2v) is 6.19. The maximum absolute atomic E-state index is 12.5. The van der Waals surface area contributed by atoms with Gasteiger partial charge in [-0.1, -0.05) is 35.0 Å². The van der Waals surface area contributed by atoms with Crippen LogP contribution in [0.3, 0.4) is 0 Å². The van der Waals surface area contributed by atoms with Crippen LogP contribution in [-0.2, 0) is 4.74 Å². The molecule has 0 saturated carbocycles. The summed E-state index contributed by atoms with van der Waals surface area (Å²) in [5.41, 5.74) is 0.770. The molecule has 0 radical (unpaired) electrons. The summed E-state index contributed by atoms with van der Waals surface area (Å²) < 4.78 is 6.67. The predicted octanol–water partition coefficient (Wildman–Crippen LogP) is 3.52. The lowest BCUT2D eigenvalue weighted by atomic mass is 10.0. The Labute approximate surface area is 129 Å². The fourth-order valence-electron chi connectivity index (χ4n) is 2.63. The van der Waals surface area contributed by atoms with E-state index in [4.69, 9.17) is 4.74 Å². The number of nitrogens with zero attached hydrogens (tertiary/aromatic N) is 1. The number of hydrogen-bond donors (Lipinski definition) is 0. The van der Waals surface area contributed by atoms with Crippen LogP contribution in [0, 0.1) is 0 Å². The number of likely N-dealkylation sites (N-methyl/N-ethyl adjacent to an activating group) is 1. The van der Waals surface area contributed by atoms with E-state index in [-0.39, 0.29) is 17.9 Å². The van der Waals surface area contributed by atoms with Gasteiger partial charge in [0.1, 0.15) is 0 Å². The summed E-state index contributed by atoms with van der Waals surface area (Å²) in [6.45, 7) is 6.66. The van der Waals surface area contributed by atoms with E-state index in [0.717, 1.165) is 42.6 Å². The normalized spacial score (nSPS) is 20.3. The third kappa shape index (κ3) is 3.90. The number of hydrogen-bond acceptors (Lipinski definition) is 3. The molecule has 1 fully saturated rings. The van der Waals surface area contributed by atoms with Crippen molar-refractivity contribution in [3.8, 4) is 0 Å². The zero-order valence-electron chi connectivity index (χ0n) is 12.1. The third-order valence-electron chi connectivity index (χ3n) is 3.92. The first-order valence-electron chi connectivity index (χ1n) is 7.27. The highest BCUT2D eigenvalue weighted by Crippen LogP contribution is 2.17. The monoisotopic (exact) mass is 339 g/mol.